The molecule has 1 unspecified atom stereocenters. The molecule has 0 amide bonds. The molecule has 0 fully saturated rings. The predicted molar refractivity (Wildman–Crippen MR) is 113 cm³/mol. The Labute approximate surface area is 183 Å². The molecule has 0 aliphatic heterocycles. The molecule has 5 aromatic rings. The van der Waals surface area contributed by atoms with Crippen LogP contribution in [0.1, 0.15) is 10.4 Å². The Morgan fingerprint density at radius 3 is 2.48 bits per heavy atom. The smallest absolute Gasteiger partial charge is 0.267 e. The number of alkyl halides is 3. The second-order valence-corrected chi connectivity index (χ2v) is 9.47. The zero-order chi connectivity index (χ0) is 22.1. The van der Waals surface area contributed by atoms with Crippen LogP contribution in [0.4, 0.5) is 13.2 Å². The van der Waals surface area contributed by atoms with Crippen molar-refractivity contribution in [1.82, 2.24) is 18.3 Å². The summed E-state index contributed by atoms with van der Waals surface area (Å²) in [6, 6.07) is 9.47. The van der Waals surface area contributed by atoms with Crippen LogP contribution in [-0.2, 0) is 17.2 Å². The SMILES string of the molecule is Cc1ccc(S(=O)n2ccc3c2nc(Cl)n2c(=O)c4sc(C(F)(F)F)cc4nc32)cc1. The Bertz CT molecular complexity index is 1590. The molecular formula is C19H10ClF3N4O2S2. The number of aromatic nitrogens is 4. The predicted octanol–water partition coefficient (Wildman–Crippen LogP) is 4.81. The second-order valence-electron chi connectivity index (χ2n) is 6.72. The van der Waals surface area contributed by atoms with Gasteiger partial charge in [-0.2, -0.15) is 18.2 Å². The molecule has 0 spiro atoms. The van der Waals surface area contributed by atoms with E-state index >= 15 is 0 Å². The quantitative estimate of drug-likeness (QED) is 0.339. The van der Waals surface area contributed by atoms with Crippen LogP contribution in [0.3, 0.4) is 0 Å². The van der Waals surface area contributed by atoms with E-state index in [-0.39, 0.29) is 26.8 Å². The van der Waals surface area contributed by atoms with Crippen molar-refractivity contribution in [2.24, 2.45) is 0 Å². The van der Waals surface area contributed by atoms with Gasteiger partial charge >= 0.3 is 6.18 Å². The van der Waals surface area contributed by atoms with Gasteiger partial charge in [0.15, 0.2) is 22.3 Å². The fourth-order valence-electron chi connectivity index (χ4n) is 3.20. The number of hydrogen-bond donors (Lipinski definition) is 0. The van der Waals surface area contributed by atoms with Crippen LogP contribution in [0.5, 0.6) is 0 Å². The number of halogens is 4. The monoisotopic (exact) mass is 482 g/mol. The van der Waals surface area contributed by atoms with Crippen molar-refractivity contribution in [1.29, 1.82) is 0 Å². The average molecular weight is 483 g/mol. The normalized spacial score (nSPS) is 13.5. The van der Waals surface area contributed by atoms with Crippen LogP contribution >= 0.6 is 22.9 Å². The van der Waals surface area contributed by atoms with Gasteiger partial charge in [0, 0.05) is 6.20 Å². The first-order chi connectivity index (χ1) is 14.6. The third-order valence-electron chi connectivity index (χ3n) is 4.68. The van der Waals surface area contributed by atoms with E-state index in [2.05, 4.69) is 9.97 Å². The van der Waals surface area contributed by atoms with Crippen LogP contribution in [0.2, 0.25) is 5.28 Å². The topological polar surface area (TPSA) is 69.3 Å². The van der Waals surface area contributed by atoms with Gasteiger partial charge in [0.25, 0.3) is 5.56 Å². The molecule has 4 aromatic heterocycles. The number of fused-ring (bicyclic) bond motifs is 4. The van der Waals surface area contributed by atoms with Gasteiger partial charge < -0.3 is 0 Å². The van der Waals surface area contributed by atoms with E-state index in [0.29, 0.717) is 21.6 Å². The Hall–Kier alpha value is -2.76. The number of nitrogens with zero attached hydrogens (tertiary/aromatic N) is 4. The van der Waals surface area contributed by atoms with Crippen molar-refractivity contribution < 1.29 is 17.4 Å². The molecule has 6 nitrogen and oxygen atoms in total. The summed E-state index contributed by atoms with van der Waals surface area (Å²) in [5.74, 6) is 0. The Morgan fingerprint density at radius 1 is 1.10 bits per heavy atom. The fourth-order valence-corrected chi connectivity index (χ4v) is 5.40. The molecule has 1 aromatic carbocycles. The minimum atomic E-state index is -4.60. The van der Waals surface area contributed by atoms with E-state index in [1.807, 2.05) is 19.1 Å². The molecule has 0 saturated heterocycles. The third kappa shape index (κ3) is 3.15. The average Bonchev–Trinajstić information content (AvgIpc) is 3.32. The molecule has 12 heteroatoms. The highest BCUT2D eigenvalue weighted by atomic mass is 35.5. The lowest BCUT2D eigenvalue weighted by atomic mass is 10.2. The number of thiophene rings is 1. The summed E-state index contributed by atoms with van der Waals surface area (Å²) < 4.78 is 54.6. The molecule has 0 saturated carbocycles. The maximum Gasteiger partial charge on any atom is 0.425 e. The highest BCUT2D eigenvalue weighted by Gasteiger charge is 2.34. The number of hydrogen-bond acceptors (Lipinski definition) is 5. The summed E-state index contributed by atoms with van der Waals surface area (Å²) in [6.07, 6.45) is -3.09. The zero-order valence-corrected chi connectivity index (χ0v) is 17.9. The van der Waals surface area contributed by atoms with Crippen LogP contribution < -0.4 is 5.56 Å². The first kappa shape index (κ1) is 20.2. The van der Waals surface area contributed by atoms with Crippen LogP contribution in [-0.4, -0.2) is 22.5 Å². The van der Waals surface area contributed by atoms with Crippen molar-refractivity contribution in [3.8, 4) is 0 Å². The molecule has 1 atom stereocenters. The molecule has 0 N–H and O–H groups in total. The van der Waals surface area contributed by atoms with E-state index in [1.165, 1.54) is 10.2 Å². The lowest BCUT2D eigenvalue weighted by Crippen LogP contribution is -2.16. The van der Waals surface area contributed by atoms with Gasteiger partial charge in [-0.3, -0.25) is 4.79 Å². The van der Waals surface area contributed by atoms with Crippen LogP contribution in [0.15, 0.2) is 52.3 Å². The van der Waals surface area contributed by atoms with Crippen LogP contribution in [0.25, 0.3) is 26.9 Å². The summed E-state index contributed by atoms with van der Waals surface area (Å²) in [5, 5.41) is 0.0494. The zero-order valence-electron chi connectivity index (χ0n) is 15.5. The van der Waals surface area contributed by atoms with Crippen molar-refractivity contribution in [2.75, 3.05) is 0 Å². The van der Waals surface area contributed by atoms with E-state index in [1.54, 1.807) is 18.2 Å². The number of benzene rings is 1. The van der Waals surface area contributed by atoms with Gasteiger partial charge in [-0.05, 0) is 42.8 Å². The molecule has 5 rings (SSSR count). The molecular weight excluding hydrogens is 473 g/mol. The minimum Gasteiger partial charge on any atom is -0.267 e. The maximum atomic E-state index is 13.1. The van der Waals surface area contributed by atoms with E-state index < -0.39 is 27.6 Å². The second kappa shape index (κ2) is 6.87. The van der Waals surface area contributed by atoms with Crippen molar-refractivity contribution in [3.05, 3.63) is 68.7 Å². The Kier molecular flexibility index (Phi) is 4.47. The van der Waals surface area contributed by atoms with E-state index in [4.69, 9.17) is 11.6 Å². The lowest BCUT2D eigenvalue weighted by molar-refractivity contribution is -0.134. The van der Waals surface area contributed by atoms with Gasteiger partial charge in [-0.15, -0.1) is 11.3 Å². The van der Waals surface area contributed by atoms with Gasteiger partial charge in [0.1, 0.15) is 9.58 Å². The third-order valence-corrected chi connectivity index (χ3v) is 7.42. The summed E-state index contributed by atoms with van der Waals surface area (Å²) >= 11 is 6.53. The molecule has 31 heavy (non-hydrogen) atoms. The molecule has 0 aliphatic rings. The van der Waals surface area contributed by atoms with Gasteiger partial charge in [-0.1, -0.05) is 17.7 Å². The highest BCUT2D eigenvalue weighted by molar-refractivity contribution is 7.83. The molecule has 0 aliphatic carbocycles. The fraction of sp³-hybridized carbons (Fsp3) is 0.105. The summed E-state index contributed by atoms with van der Waals surface area (Å²) in [4.78, 5) is 20.9. The molecule has 0 bridgehead atoms. The van der Waals surface area contributed by atoms with Gasteiger partial charge in [0.05, 0.1) is 15.8 Å². The van der Waals surface area contributed by atoms with Crippen molar-refractivity contribution in [3.63, 3.8) is 0 Å². The van der Waals surface area contributed by atoms with Crippen molar-refractivity contribution in [2.45, 2.75) is 18.0 Å². The van der Waals surface area contributed by atoms with E-state index in [0.717, 1.165) is 16.0 Å². The summed E-state index contributed by atoms with van der Waals surface area (Å²) in [7, 11) is -1.66. The molecule has 0 radical (unpaired) electrons. The van der Waals surface area contributed by atoms with Crippen LogP contribution in [0, 0.1) is 6.92 Å². The summed E-state index contributed by atoms with van der Waals surface area (Å²) in [5.41, 5.74) is 0.414. The molecule has 158 valence electrons. The molecule has 4 heterocycles. The minimum absolute atomic E-state index is 0.0404. The van der Waals surface area contributed by atoms with E-state index in [9.17, 15) is 22.2 Å². The Balaban J connectivity index is 1.79. The highest BCUT2D eigenvalue weighted by Crippen LogP contribution is 2.37. The Morgan fingerprint density at radius 2 is 1.81 bits per heavy atom. The van der Waals surface area contributed by atoms with Gasteiger partial charge in [-0.25, -0.2) is 17.6 Å². The first-order valence-electron chi connectivity index (χ1n) is 8.74. The lowest BCUT2D eigenvalue weighted by Gasteiger charge is -2.08. The van der Waals surface area contributed by atoms with Crippen molar-refractivity contribution >= 4 is 60.8 Å². The first-order valence-corrected chi connectivity index (χ1v) is 11.0. The van der Waals surface area contributed by atoms with Gasteiger partial charge in [0.2, 0.25) is 5.28 Å². The number of aryl methyl sites for hydroxylation is 1. The number of rotatable bonds is 2. The summed E-state index contributed by atoms with van der Waals surface area (Å²) in [6.45, 7) is 1.91. The largest absolute Gasteiger partial charge is 0.425 e. The maximum absolute atomic E-state index is 13.1. The standard InChI is InChI=1S/C19H10ClF3N4O2S2/c1-9-2-4-10(5-3-9)31(29)26-7-6-11-15(26)25-18(20)27-16(11)24-12-8-13(19(21,22)23)30-14(12)17(27)28/h2-8H,1H3.